The van der Waals surface area contributed by atoms with Crippen LogP contribution in [0, 0.1) is 6.92 Å². The van der Waals surface area contributed by atoms with Crippen LogP contribution in [0.15, 0.2) is 48.5 Å². The van der Waals surface area contributed by atoms with Crippen LogP contribution in [0.3, 0.4) is 0 Å². The number of unbranched alkanes of at least 4 members (excludes halogenated alkanes) is 1. The summed E-state index contributed by atoms with van der Waals surface area (Å²) < 4.78 is 0. The number of aryl methyl sites for hydroxylation is 1. The largest absolute Gasteiger partial charge is 0.324 e. The maximum absolute atomic E-state index is 12.9. The zero-order valence-corrected chi connectivity index (χ0v) is 15.0. The van der Waals surface area contributed by atoms with Crippen molar-refractivity contribution in [2.24, 2.45) is 0 Å². The quantitative estimate of drug-likeness (QED) is 0.806. The zero-order valence-electron chi connectivity index (χ0n) is 15.0. The number of benzene rings is 2. The summed E-state index contributed by atoms with van der Waals surface area (Å²) >= 11 is 0. The lowest BCUT2D eigenvalue weighted by Gasteiger charge is -2.25. The Labute approximate surface area is 153 Å². The van der Waals surface area contributed by atoms with Crippen molar-refractivity contribution in [1.82, 2.24) is 4.90 Å². The second kappa shape index (κ2) is 7.52. The zero-order chi connectivity index (χ0) is 18.7. The van der Waals surface area contributed by atoms with Crippen LogP contribution in [0.25, 0.3) is 0 Å². The topological polar surface area (TPSA) is 66.5 Å². The van der Waals surface area contributed by atoms with Crippen molar-refractivity contribution in [3.63, 3.8) is 0 Å². The fourth-order valence-electron chi connectivity index (χ4n) is 3.20. The predicted octanol–water partition coefficient (Wildman–Crippen LogP) is 3.79. The van der Waals surface area contributed by atoms with Gasteiger partial charge < -0.3 is 5.32 Å². The third kappa shape index (κ3) is 3.25. The van der Waals surface area contributed by atoms with Gasteiger partial charge in [0.1, 0.15) is 6.04 Å². The lowest BCUT2D eigenvalue weighted by atomic mass is 10.1. The van der Waals surface area contributed by atoms with E-state index in [0.29, 0.717) is 23.2 Å². The smallest absolute Gasteiger partial charge is 0.262 e. The average molecular weight is 350 g/mol. The van der Waals surface area contributed by atoms with Gasteiger partial charge in [-0.2, -0.15) is 0 Å². The number of anilines is 1. The maximum atomic E-state index is 12.9. The third-order valence-electron chi connectivity index (χ3n) is 4.67. The normalized spacial score (nSPS) is 14.3. The first-order valence-electron chi connectivity index (χ1n) is 8.88. The van der Waals surface area contributed by atoms with Gasteiger partial charge in [-0.15, -0.1) is 0 Å². The number of para-hydroxylation sites is 1. The highest BCUT2D eigenvalue weighted by Crippen LogP contribution is 2.27. The summed E-state index contributed by atoms with van der Waals surface area (Å²) in [6.45, 7) is 3.91. The van der Waals surface area contributed by atoms with E-state index in [2.05, 4.69) is 5.32 Å². The molecule has 3 rings (SSSR count). The molecule has 1 atom stereocenters. The molecule has 0 radical (unpaired) electrons. The third-order valence-corrected chi connectivity index (χ3v) is 4.67. The second-order valence-corrected chi connectivity index (χ2v) is 6.49. The van der Waals surface area contributed by atoms with Crippen molar-refractivity contribution < 1.29 is 14.4 Å². The van der Waals surface area contributed by atoms with E-state index in [4.69, 9.17) is 0 Å². The molecule has 26 heavy (non-hydrogen) atoms. The molecule has 0 fully saturated rings. The van der Waals surface area contributed by atoms with Gasteiger partial charge in [0, 0.05) is 5.69 Å². The van der Waals surface area contributed by atoms with E-state index in [-0.39, 0.29) is 5.91 Å². The van der Waals surface area contributed by atoms with Gasteiger partial charge in [-0.1, -0.05) is 50.1 Å². The van der Waals surface area contributed by atoms with E-state index < -0.39 is 17.9 Å². The molecule has 2 aromatic rings. The minimum Gasteiger partial charge on any atom is -0.324 e. The standard InChI is InChI=1S/C21H22N2O3/c1-3-4-13-18(19(24)22-17-12-8-5-9-14(17)2)23-20(25)15-10-6-7-11-16(15)21(23)26/h5-12,18H,3-4,13H2,1-2H3,(H,22,24)/t18-/m1/s1. The van der Waals surface area contributed by atoms with Gasteiger partial charge in [-0.25, -0.2) is 0 Å². The molecular formula is C21H22N2O3. The average Bonchev–Trinajstić information content (AvgIpc) is 2.89. The molecule has 5 nitrogen and oxygen atoms in total. The molecule has 0 aromatic heterocycles. The summed E-state index contributed by atoms with van der Waals surface area (Å²) in [4.78, 5) is 39.6. The molecule has 134 valence electrons. The van der Waals surface area contributed by atoms with Crippen molar-refractivity contribution in [2.75, 3.05) is 5.32 Å². The number of carbonyl (C=O) groups excluding carboxylic acids is 3. The molecule has 2 aromatic carbocycles. The number of nitrogens with one attached hydrogen (secondary N) is 1. The Morgan fingerprint density at radius 1 is 1.00 bits per heavy atom. The number of hydrogen-bond acceptors (Lipinski definition) is 3. The first-order chi connectivity index (χ1) is 12.5. The number of rotatable bonds is 6. The second-order valence-electron chi connectivity index (χ2n) is 6.49. The molecule has 1 aliphatic heterocycles. The van der Waals surface area contributed by atoms with Gasteiger partial charge in [-0.3, -0.25) is 19.3 Å². The minimum atomic E-state index is -0.818. The van der Waals surface area contributed by atoms with E-state index in [9.17, 15) is 14.4 Å². The van der Waals surface area contributed by atoms with Crippen LogP contribution in [0.1, 0.15) is 52.5 Å². The Kier molecular flexibility index (Phi) is 5.16. The number of carbonyl (C=O) groups is 3. The Morgan fingerprint density at radius 3 is 2.15 bits per heavy atom. The van der Waals surface area contributed by atoms with Crippen molar-refractivity contribution in [3.8, 4) is 0 Å². The molecule has 0 saturated carbocycles. The van der Waals surface area contributed by atoms with Gasteiger partial charge in [-0.05, 0) is 37.1 Å². The molecule has 1 N–H and O–H groups in total. The van der Waals surface area contributed by atoms with Gasteiger partial charge in [0.25, 0.3) is 11.8 Å². The molecule has 0 bridgehead atoms. The van der Waals surface area contributed by atoms with Crippen LogP contribution in [0.5, 0.6) is 0 Å². The molecule has 0 spiro atoms. The van der Waals surface area contributed by atoms with Crippen molar-refractivity contribution in [2.45, 2.75) is 39.2 Å². The van der Waals surface area contributed by atoms with Gasteiger partial charge in [0.2, 0.25) is 5.91 Å². The monoisotopic (exact) mass is 350 g/mol. The number of imide groups is 1. The van der Waals surface area contributed by atoms with E-state index >= 15 is 0 Å². The highest BCUT2D eigenvalue weighted by atomic mass is 16.2. The Balaban J connectivity index is 1.89. The van der Waals surface area contributed by atoms with E-state index in [0.717, 1.165) is 23.3 Å². The minimum absolute atomic E-state index is 0.331. The van der Waals surface area contributed by atoms with Gasteiger partial charge >= 0.3 is 0 Å². The molecule has 0 saturated heterocycles. The van der Waals surface area contributed by atoms with Gasteiger partial charge in [0.05, 0.1) is 11.1 Å². The van der Waals surface area contributed by atoms with Crippen LogP contribution < -0.4 is 5.32 Å². The van der Waals surface area contributed by atoms with E-state index in [1.54, 1.807) is 24.3 Å². The van der Waals surface area contributed by atoms with E-state index in [1.807, 2.05) is 38.1 Å². The Morgan fingerprint density at radius 2 is 1.58 bits per heavy atom. The molecule has 1 aliphatic rings. The number of nitrogens with zero attached hydrogens (tertiary/aromatic N) is 1. The Bertz CT molecular complexity index is 825. The molecule has 5 heteroatoms. The van der Waals surface area contributed by atoms with E-state index in [1.165, 1.54) is 0 Å². The molecule has 3 amide bonds. The molecular weight excluding hydrogens is 328 g/mol. The highest BCUT2D eigenvalue weighted by Gasteiger charge is 2.42. The van der Waals surface area contributed by atoms with Crippen LogP contribution >= 0.6 is 0 Å². The predicted molar refractivity (Wildman–Crippen MR) is 100 cm³/mol. The van der Waals surface area contributed by atoms with Gasteiger partial charge in [0.15, 0.2) is 0 Å². The summed E-state index contributed by atoms with van der Waals surface area (Å²) in [5.41, 5.74) is 2.35. The number of hydrogen-bond donors (Lipinski definition) is 1. The molecule has 1 heterocycles. The Hall–Kier alpha value is -2.95. The first kappa shape index (κ1) is 17.9. The number of fused-ring (bicyclic) bond motifs is 1. The van der Waals surface area contributed by atoms with Crippen LogP contribution in [0.4, 0.5) is 5.69 Å². The lowest BCUT2D eigenvalue weighted by Crippen LogP contribution is -2.47. The van der Waals surface area contributed by atoms with Crippen molar-refractivity contribution in [3.05, 3.63) is 65.2 Å². The summed E-state index contributed by atoms with van der Waals surface area (Å²) in [6, 6.07) is 13.3. The SMILES string of the molecule is CCCC[C@H](C(=O)Nc1ccccc1C)N1C(=O)c2ccccc2C1=O. The number of amides is 3. The summed E-state index contributed by atoms with van der Waals surface area (Å²) in [7, 11) is 0. The summed E-state index contributed by atoms with van der Waals surface area (Å²) in [5.74, 6) is -1.12. The highest BCUT2D eigenvalue weighted by molar-refractivity contribution is 6.23. The van der Waals surface area contributed by atoms with Crippen LogP contribution in [-0.2, 0) is 4.79 Å². The summed E-state index contributed by atoms with van der Waals surface area (Å²) in [6.07, 6.45) is 2.07. The van der Waals surface area contributed by atoms with Crippen molar-refractivity contribution >= 4 is 23.4 Å². The van der Waals surface area contributed by atoms with Crippen LogP contribution in [-0.4, -0.2) is 28.7 Å². The van der Waals surface area contributed by atoms with Crippen molar-refractivity contribution in [1.29, 1.82) is 0 Å². The lowest BCUT2D eigenvalue weighted by molar-refractivity contribution is -0.120. The fourth-order valence-corrected chi connectivity index (χ4v) is 3.20. The molecule has 0 aliphatic carbocycles. The maximum Gasteiger partial charge on any atom is 0.262 e. The fraction of sp³-hybridized carbons (Fsp3) is 0.286. The van der Waals surface area contributed by atoms with Crippen LogP contribution in [0.2, 0.25) is 0 Å². The first-order valence-corrected chi connectivity index (χ1v) is 8.88. The summed E-state index contributed by atoms with van der Waals surface area (Å²) in [5, 5.41) is 2.88. The molecule has 0 unspecified atom stereocenters.